The second-order valence-corrected chi connectivity index (χ2v) is 8.41. The van der Waals surface area contributed by atoms with Gasteiger partial charge in [0.1, 0.15) is 12.4 Å². The molecule has 0 spiro atoms. The minimum Gasteiger partial charge on any atom is -0.489 e. The summed E-state index contributed by atoms with van der Waals surface area (Å²) in [5.41, 5.74) is 4.27. The van der Waals surface area contributed by atoms with Gasteiger partial charge in [0.2, 0.25) is 11.9 Å². The predicted molar refractivity (Wildman–Crippen MR) is 125 cm³/mol. The van der Waals surface area contributed by atoms with E-state index in [1.807, 2.05) is 65.7 Å². The second-order valence-electron chi connectivity index (χ2n) is 8.41. The van der Waals surface area contributed by atoms with Crippen molar-refractivity contribution in [3.8, 4) is 5.75 Å². The normalized spacial score (nSPS) is 15.4. The Morgan fingerprint density at radius 1 is 0.970 bits per heavy atom. The average Bonchev–Trinajstić information content (AvgIpc) is 3.31. The number of carbonyl (C=O) groups is 1. The van der Waals surface area contributed by atoms with Crippen molar-refractivity contribution < 1.29 is 14.3 Å². The van der Waals surface area contributed by atoms with E-state index in [0.717, 1.165) is 47.2 Å². The van der Waals surface area contributed by atoms with E-state index in [9.17, 15) is 4.79 Å². The number of anilines is 1. The maximum atomic E-state index is 12.8. The van der Waals surface area contributed by atoms with Gasteiger partial charge in [0.05, 0.1) is 25.5 Å². The van der Waals surface area contributed by atoms with Crippen LogP contribution in [0.25, 0.3) is 0 Å². The zero-order valence-electron chi connectivity index (χ0n) is 18.7. The van der Waals surface area contributed by atoms with E-state index in [2.05, 4.69) is 9.88 Å². The first-order valence-electron chi connectivity index (χ1n) is 11.5. The summed E-state index contributed by atoms with van der Waals surface area (Å²) in [5, 5.41) is 0. The van der Waals surface area contributed by atoms with Crippen molar-refractivity contribution in [2.75, 3.05) is 31.2 Å². The lowest BCUT2D eigenvalue weighted by Gasteiger charge is -2.26. The molecule has 0 aliphatic carbocycles. The Hall–Kier alpha value is -3.45. The molecule has 0 atom stereocenters. The highest BCUT2D eigenvalue weighted by Crippen LogP contribution is 2.24. The van der Waals surface area contributed by atoms with E-state index >= 15 is 0 Å². The lowest BCUT2D eigenvalue weighted by Crippen LogP contribution is -2.37. The fourth-order valence-electron chi connectivity index (χ4n) is 4.14. The minimum atomic E-state index is 0.144. The highest BCUT2D eigenvalue weighted by molar-refractivity contribution is 5.77. The lowest BCUT2D eigenvalue weighted by atomic mass is 10.1. The van der Waals surface area contributed by atoms with Crippen molar-refractivity contribution in [3.63, 3.8) is 0 Å². The Balaban J connectivity index is 1.11. The summed E-state index contributed by atoms with van der Waals surface area (Å²) in [6.07, 6.45) is 3.05. The summed E-state index contributed by atoms with van der Waals surface area (Å²) in [6, 6.07) is 18.1. The number of hydrogen-bond acceptors (Lipinski definition) is 6. The van der Waals surface area contributed by atoms with Gasteiger partial charge in [-0.3, -0.25) is 4.79 Å². The van der Waals surface area contributed by atoms with Gasteiger partial charge in [-0.1, -0.05) is 42.5 Å². The van der Waals surface area contributed by atoms with Gasteiger partial charge in [-0.15, -0.1) is 0 Å². The summed E-state index contributed by atoms with van der Waals surface area (Å²) in [6.45, 7) is 4.69. The molecule has 1 saturated heterocycles. The quantitative estimate of drug-likeness (QED) is 0.557. The number of nitrogens with zero attached hydrogens (tertiary/aromatic N) is 4. The summed E-state index contributed by atoms with van der Waals surface area (Å²) in [4.78, 5) is 26.1. The highest BCUT2D eigenvalue weighted by Gasteiger charge is 2.26. The van der Waals surface area contributed by atoms with Gasteiger partial charge in [-0.25, -0.2) is 9.97 Å². The standard InChI is InChI=1S/C26H28N4O3/c31-25(11-8-20-6-9-23(10-7-20)33-19-21-4-2-1-3-5-21)30-17-22-16-27-26(28-24(22)18-30)29-12-14-32-15-13-29/h1-7,9-10,16H,8,11-15,17-19H2. The third-order valence-corrected chi connectivity index (χ3v) is 6.09. The van der Waals surface area contributed by atoms with Gasteiger partial charge in [0.15, 0.2) is 0 Å². The van der Waals surface area contributed by atoms with Crippen molar-refractivity contribution in [1.29, 1.82) is 0 Å². The Bertz CT molecular complexity index is 1080. The molecule has 2 aliphatic rings. The van der Waals surface area contributed by atoms with Crippen LogP contribution in [0.1, 0.15) is 28.8 Å². The van der Waals surface area contributed by atoms with Crippen LogP contribution in [-0.4, -0.2) is 47.1 Å². The lowest BCUT2D eigenvalue weighted by molar-refractivity contribution is -0.131. The predicted octanol–water partition coefficient (Wildman–Crippen LogP) is 3.37. The molecule has 5 rings (SSSR count). The molecule has 1 aromatic heterocycles. The van der Waals surface area contributed by atoms with Gasteiger partial charge in [0, 0.05) is 37.8 Å². The first kappa shape index (κ1) is 21.4. The van der Waals surface area contributed by atoms with Crippen molar-refractivity contribution >= 4 is 11.9 Å². The molecule has 33 heavy (non-hydrogen) atoms. The number of aromatic nitrogens is 2. The number of carbonyl (C=O) groups excluding carboxylic acids is 1. The molecule has 2 aliphatic heterocycles. The molecule has 0 saturated carbocycles. The van der Waals surface area contributed by atoms with Crippen LogP contribution >= 0.6 is 0 Å². The summed E-state index contributed by atoms with van der Waals surface area (Å²) in [7, 11) is 0. The fraction of sp³-hybridized carbons (Fsp3) is 0.346. The van der Waals surface area contributed by atoms with E-state index in [0.29, 0.717) is 45.8 Å². The number of morpholine rings is 1. The van der Waals surface area contributed by atoms with Crippen molar-refractivity contribution in [3.05, 3.63) is 83.2 Å². The van der Waals surface area contributed by atoms with Gasteiger partial charge >= 0.3 is 0 Å². The van der Waals surface area contributed by atoms with Crippen LogP contribution in [0.2, 0.25) is 0 Å². The van der Waals surface area contributed by atoms with E-state index in [1.54, 1.807) is 0 Å². The van der Waals surface area contributed by atoms with Gasteiger partial charge in [-0.2, -0.15) is 0 Å². The molecule has 0 radical (unpaired) electrons. The molecule has 3 aromatic rings. The van der Waals surface area contributed by atoms with Crippen molar-refractivity contribution in [1.82, 2.24) is 14.9 Å². The smallest absolute Gasteiger partial charge is 0.225 e. The largest absolute Gasteiger partial charge is 0.489 e. The zero-order chi connectivity index (χ0) is 22.5. The molecule has 1 fully saturated rings. The van der Waals surface area contributed by atoms with Crippen LogP contribution in [-0.2, 0) is 35.6 Å². The van der Waals surface area contributed by atoms with Crippen LogP contribution < -0.4 is 9.64 Å². The summed E-state index contributed by atoms with van der Waals surface area (Å²) >= 11 is 0. The third kappa shape index (κ3) is 5.31. The molecule has 1 amide bonds. The molecule has 2 aromatic carbocycles. The van der Waals surface area contributed by atoms with Gasteiger partial charge in [-0.05, 0) is 29.7 Å². The number of fused-ring (bicyclic) bond motifs is 1. The maximum Gasteiger partial charge on any atom is 0.225 e. The Kier molecular flexibility index (Phi) is 6.48. The van der Waals surface area contributed by atoms with Crippen molar-refractivity contribution in [2.24, 2.45) is 0 Å². The van der Waals surface area contributed by atoms with Crippen LogP contribution in [0, 0.1) is 0 Å². The summed E-state index contributed by atoms with van der Waals surface area (Å²) in [5.74, 6) is 1.71. The Morgan fingerprint density at radius 3 is 2.55 bits per heavy atom. The van der Waals surface area contributed by atoms with Crippen LogP contribution in [0.5, 0.6) is 5.75 Å². The first-order chi connectivity index (χ1) is 16.2. The first-order valence-corrected chi connectivity index (χ1v) is 11.5. The third-order valence-electron chi connectivity index (χ3n) is 6.09. The topological polar surface area (TPSA) is 67.8 Å². The van der Waals surface area contributed by atoms with E-state index in [-0.39, 0.29) is 5.91 Å². The second kappa shape index (κ2) is 10.0. The molecule has 0 unspecified atom stereocenters. The molecule has 170 valence electrons. The molecule has 3 heterocycles. The van der Waals surface area contributed by atoms with Crippen LogP contribution in [0.15, 0.2) is 60.8 Å². The van der Waals surface area contributed by atoms with E-state index in [4.69, 9.17) is 14.5 Å². The van der Waals surface area contributed by atoms with Gasteiger partial charge in [0.25, 0.3) is 0 Å². The number of rotatable bonds is 7. The van der Waals surface area contributed by atoms with Crippen LogP contribution in [0.4, 0.5) is 5.95 Å². The number of aryl methyl sites for hydroxylation is 1. The highest BCUT2D eigenvalue weighted by atomic mass is 16.5. The number of benzene rings is 2. The number of amides is 1. The number of ether oxygens (including phenoxy) is 2. The molecular formula is C26H28N4O3. The molecular weight excluding hydrogens is 416 g/mol. The van der Waals surface area contributed by atoms with E-state index in [1.165, 1.54) is 0 Å². The monoisotopic (exact) mass is 444 g/mol. The minimum absolute atomic E-state index is 0.144. The fourth-order valence-corrected chi connectivity index (χ4v) is 4.14. The maximum absolute atomic E-state index is 12.8. The molecule has 7 nitrogen and oxygen atoms in total. The summed E-state index contributed by atoms with van der Waals surface area (Å²) < 4.78 is 11.3. The van der Waals surface area contributed by atoms with Gasteiger partial charge < -0.3 is 19.3 Å². The number of hydrogen-bond donors (Lipinski definition) is 0. The average molecular weight is 445 g/mol. The Morgan fingerprint density at radius 2 is 1.76 bits per heavy atom. The zero-order valence-corrected chi connectivity index (χ0v) is 18.7. The van der Waals surface area contributed by atoms with Crippen LogP contribution in [0.3, 0.4) is 0 Å². The molecule has 0 N–H and O–H groups in total. The molecule has 7 heteroatoms. The Labute approximate surface area is 194 Å². The van der Waals surface area contributed by atoms with Crippen molar-refractivity contribution in [2.45, 2.75) is 32.5 Å². The molecule has 0 bridgehead atoms. The van der Waals surface area contributed by atoms with E-state index < -0.39 is 0 Å². The SMILES string of the molecule is O=C(CCc1ccc(OCc2ccccc2)cc1)N1Cc2cnc(N3CCOCC3)nc2C1.